The van der Waals surface area contributed by atoms with Crippen molar-refractivity contribution in [2.24, 2.45) is 0 Å². The topological polar surface area (TPSA) is 38.1 Å². The summed E-state index contributed by atoms with van der Waals surface area (Å²) in [4.78, 5) is 4.49. The van der Waals surface area contributed by atoms with Crippen LogP contribution in [0, 0.1) is 6.92 Å². The first kappa shape index (κ1) is 10.2. The van der Waals surface area contributed by atoms with E-state index in [4.69, 9.17) is 4.42 Å². The molecular formula is C12H16N2O. The summed E-state index contributed by atoms with van der Waals surface area (Å²) in [6.07, 6.45) is 1.96. The zero-order valence-corrected chi connectivity index (χ0v) is 9.21. The van der Waals surface area contributed by atoms with Crippen LogP contribution in [0.25, 0.3) is 11.1 Å². The zero-order valence-electron chi connectivity index (χ0n) is 9.21. The highest BCUT2D eigenvalue weighted by Crippen LogP contribution is 2.19. The van der Waals surface area contributed by atoms with Gasteiger partial charge in [0.25, 0.3) is 0 Å². The molecule has 15 heavy (non-hydrogen) atoms. The second kappa shape index (κ2) is 4.45. The molecule has 1 N–H and O–H groups in total. The van der Waals surface area contributed by atoms with Gasteiger partial charge in [0.1, 0.15) is 5.52 Å². The highest BCUT2D eigenvalue weighted by molar-refractivity contribution is 5.76. The lowest BCUT2D eigenvalue weighted by molar-refractivity contribution is 0.516. The summed E-state index contributed by atoms with van der Waals surface area (Å²) < 4.78 is 5.66. The van der Waals surface area contributed by atoms with Crippen molar-refractivity contribution in [3.63, 3.8) is 0 Å². The first-order valence-electron chi connectivity index (χ1n) is 5.31. The van der Waals surface area contributed by atoms with Crippen LogP contribution in [0.4, 0.5) is 0 Å². The summed E-state index contributed by atoms with van der Waals surface area (Å²) in [5, 5.41) is 3.11. The molecule has 1 heterocycles. The maximum atomic E-state index is 5.66. The molecule has 0 aliphatic carbocycles. The van der Waals surface area contributed by atoms with E-state index in [1.165, 1.54) is 5.56 Å². The fourth-order valence-corrected chi connectivity index (χ4v) is 1.66. The monoisotopic (exact) mass is 204 g/mol. The molecule has 0 bridgehead atoms. The minimum Gasteiger partial charge on any atom is -0.441 e. The van der Waals surface area contributed by atoms with Crippen molar-refractivity contribution in [1.29, 1.82) is 0 Å². The highest BCUT2D eigenvalue weighted by Gasteiger charge is 2.06. The number of rotatable bonds is 4. The third-order valence-corrected chi connectivity index (χ3v) is 2.48. The van der Waals surface area contributed by atoms with E-state index < -0.39 is 0 Å². The molecule has 0 unspecified atom stereocenters. The van der Waals surface area contributed by atoms with Gasteiger partial charge in [-0.2, -0.15) is 0 Å². The van der Waals surface area contributed by atoms with E-state index in [-0.39, 0.29) is 0 Å². The van der Waals surface area contributed by atoms with Crippen LogP contribution in [0.15, 0.2) is 22.6 Å². The third kappa shape index (κ3) is 2.18. The molecule has 3 nitrogen and oxygen atoms in total. The molecule has 0 saturated carbocycles. The smallest absolute Gasteiger partial charge is 0.195 e. The average molecular weight is 204 g/mol. The number of hydrogen-bond acceptors (Lipinski definition) is 3. The number of hydrogen-bond donors (Lipinski definition) is 1. The average Bonchev–Trinajstić information content (AvgIpc) is 2.63. The fourth-order valence-electron chi connectivity index (χ4n) is 1.66. The largest absolute Gasteiger partial charge is 0.441 e. The maximum absolute atomic E-state index is 5.66. The molecule has 1 aromatic heterocycles. The Morgan fingerprint density at radius 2 is 2.27 bits per heavy atom. The van der Waals surface area contributed by atoms with Crippen LogP contribution in [0.3, 0.4) is 0 Å². The van der Waals surface area contributed by atoms with Gasteiger partial charge in [-0.05, 0) is 38.6 Å². The van der Waals surface area contributed by atoms with Gasteiger partial charge in [-0.1, -0.05) is 12.1 Å². The van der Waals surface area contributed by atoms with Crippen molar-refractivity contribution in [3.8, 4) is 0 Å². The van der Waals surface area contributed by atoms with Gasteiger partial charge in [0.2, 0.25) is 0 Å². The third-order valence-electron chi connectivity index (χ3n) is 2.48. The molecule has 0 amide bonds. The Hall–Kier alpha value is -1.35. The quantitative estimate of drug-likeness (QED) is 0.776. The summed E-state index contributed by atoms with van der Waals surface area (Å²) in [7, 11) is 1.95. The van der Waals surface area contributed by atoms with Crippen LogP contribution in [0.2, 0.25) is 0 Å². The van der Waals surface area contributed by atoms with Crippen molar-refractivity contribution < 1.29 is 4.42 Å². The lowest BCUT2D eigenvalue weighted by Gasteiger charge is -1.94. The Morgan fingerprint density at radius 1 is 1.40 bits per heavy atom. The molecule has 3 heteroatoms. The molecule has 0 fully saturated rings. The van der Waals surface area contributed by atoms with Crippen molar-refractivity contribution in [1.82, 2.24) is 10.3 Å². The Labute approximate surface area is 89.5 Å². The summed E-state index contributed by atoms with van der Waals surface area (Å²) in [5.41, 5.74) is 3.07. The molecule has 1 aromatic carbocycles. The summed E-state index contributed by atoms with van der Waals surface area (Å²) in [6, 6.07) is 6.03. The number of aryl methyl sites for hydroxylation is 2. The number of aromatic nitrogens is 1. The van der Waals surface area contributed by atoms with Crippen molar-refractivity contribution >= 4 is 11.1 Å². The van der Waals surface area contributed by atoms with Crippen molar-refractivity contribution in [2.75, 3.05) is 13.6 Å². The van der Waals surface area contributed by atoms with Gasteiger partial charge < -0.3 is 9.73 Å². The molecule has 0 aliphatic heterocycles. The van der Waals surface area contributed by atoms with E-state index in [0.29, 0.717) is 0 Å². The van der Waals surface area contributed by atoms with Gasteiger partial charge in [-0.15, -0.1) is 0 Å². The lowest BCUT2D eigenvalue weighted by atomic mass is 10.2. The van der Waals surface area contributed by atoms with E-state index >= 15 is 0 Å². The SMILES string of the molecule is CNCCCc1nc2c(C)cccc2o1. The van der Waals surface area contributed by atoms with Gasteiger partial charge in [0.05, 0.1) is 0 Å². The molecule has 0 saturated heterocycles. The molecule has 2 rings (SSSR count). The summed E-state index contributed by atoms with van der Waals surface area (Å²) in [6.45, 7) is 3.06. The van der Waals surface area contributed by atoms with Gasteiger partial charge in [0.15, 0.2) is 11.5 Å². The van der Waals surface area contributed by atoms with E-state index in [9.17, 15) is 0 Å². The van der Waals surface area contributed by atoms with Crippen LogP contribution in [-0.2, 0) is 6.42 Å². The van der Waals surface area contributed by atoms with Crippen LogP contribution >= 0.6 is 0 Å². The molecule has 0 spiro atoms. The molecule has 0 atom stereocenters. The lowest BCUT2D eigenvalue weighted by Crippen LogP contribution is -2.08. The highest BCUT2D eigenvalue weighted by atomic mass is 16.3. The Balaban J connectivity index is 2.20. The first-order chi connectivity index (χ1) is 7.31. The van der Waals surface area contributed by atoms with E-state index in [1.54, 1.807) is 0 Å². The van der Waals surface area contributed by atoms with Gasteiger partial charge >= 0.3 is 0 Å². The van der Waals surface area contributed by atoms with E-state index in [2.05, 4.69) is 23.3 Å². The number of nitrogens with zero attached hydrogens (tertiary/aromatic N) is 1. The Bertz CT molecular complexity index is 448. The Morgan fingerprint density at radius 3 is 3.00 bits per heavy atom. The predicted molar refractivity (Wildman–Crippen MR) is 61.0 cm³/mol. The van der Waals surface area contributed by atoms with Gasteiger partial charge in [-0.25, -0.2) is 4.98 Å². The molecular weight excluding hydrogens is 188 g/mol. The normalized spacial score (nSPS) is 11.1. The second-order valence-electron chi connectivity index (χ2n) is 3.74. The van der Waals surface area contributed by atoms with E-state index in [0.717, 1.165) is 36.4 Å². The number of oxazole rings is 1. The molecule has 80 valence electrons. The van der Waals surface area contributed by atoms with Crippen molar-refractivity contribution in [3.05, 3.63) is 29.7 Å². The van der Waals surface area contributed by atoms with Crippen LogP contribution in [0.5, 0.6) is 0 Å². The summed E-state index contributed by atoms with van der Waals surface area (Å²) in [5.74, 6) is 0.842. The second-order valence-corrected chi connectivity index (χ2v) is 3.74. The Kier molecular flexibility index (Phi) is 3.02. The van der Waals surface area contributed by atoms with Crippen molar-refractivity contribution in [2.45, 2.75) is 19.8 Å². The molecule has 0 aliphatic rings. The zero-order chi connectivity index (χ0) is 10.7. The first-order valence-corrected chi connectivity index (χ1v) is 5.31. The maximum Gasteiger partial charge on any atom is 0.195 e. The van der Waals surface area contributed by atoms with Gasteiger partial charge in [0, 0.05) is 6.42 Å². The van der Waals surface area contributed by atoms with Gasteiger partial charge in [-0.3, -0.25) is 0 Å². The number of nitrogens with one attached hydrogen (secondary N) is 1. The number of benzene rings is 1. The van der Waals surface area contributed by atoms with Crippen LogP contribution in [-0.4, -0.2) is 18.6 Å². The van der Waals surface area contributed by atoms with E-state index in [1.807, 2.05) is 19.2 Å². The minimum atomic E-state index is 0.842. The van der Waals surface area contributed by atoms with Crippen LogP contribution < -0.4 is 5.32 Å². The standard InChI is InChI=1S/C12H16N2O/c1-9-5-3-6-10-12(9)14-11(15-10)7-4-8-13-2/h3,5-6,13H,4,7-8H2,1-2H3. The molecule has 0 radical (unpaired) electrons. The number of fused-ring (bicyclic) bond motifs is 1. The number of para-hydroxylation sites is 1. The minimum absolute atomic E-state index is 0.842. The fraction of sp³-hybridized carbons (Fsp3) is 0.417. The van der Waals surface area contributed by atoms with Crippen LogP contribution in [0.1, 0.15) is 17.9 Å². The predicted octanol–water partition coefficient (Wildman–Crippen LogP) is 2.29. The molecule has 2 aromatic rings. The summed E-state index contributed by atoms with van der Waals surface area (Å²) >= 11 is 0.